The number of halogens is 2. The summed E-state index contributed by atoms with van der Waals surface area (Å²) in [5, 5.41) is 7.95. The lowest BCUT2D eigenvalue weighted by molar-refractivity contribution is -0.111. The van der Waals surface area contributed by atoms with Gasteiger partial charge in [-0.25, -0.2) is 4.98 Å². The van der Waals surface area contributed by atoms with Crippen molar-refractivity contribution in [2.45, 2.75) is 33.1 Å². The topological polar surface area (TPSA) is 59.8 Å². The van der Waals surface area contributed by atoms with Gasteiger partial charge in [0.1, 0.15) is 5.82 Å². The van der Waals surface area contributed by atoms with Crippen molar-refractivity contribution in [2.75, 3.05) is 5.32 Å². The average Bonchev–Trinajstić information content (AvgIpc) is 2.99. The Balaban J connectivity index is 1.77. The largest absolute Gasteiger partial charge is 0.307 e. The molecule has 1 N–H and O–H groups in total. The van der Waals surface area contributed by atoms with Gasteiger partial charge < -0.3 is 5.32 Å². The molecule has 0 bridgehead atoms. The fourth-order valence-electron chi connectivity index (χ4n) is 2.75. The lowest BCUT2D eigenvalue weighted by Gasteiger charge is -2.18. The number of aryl methyl sites for hydroxylation is 1. The third-order valence-corrected chi connectivity index (χ3v) is 4.76. The average molecular weight is 429 g/mol. The van der Waals surface area contributed by atoms with E-state index in [4.69, 9.17) is 23.2 Å². The highest BCUT2D eigenvalue weighted by atomic mass is 35.5. The number of pyridine rings is 1. The molecule has 0 aliphatic heterocycles. The molecule has 3 aromatic rings. The maximum absolute atomic E-state index is 12.4. The van der Waals surface area contributed by atoms with Gasteiger partial charge in [-0.3, -0.25) is 4.79 Å². The minimum absolute atomic E-state index is 0.0901. The molecule has 5 nitrogen and oxygen atoms in total. The zero-order valence-electron chi connectivity index (χ0n) is 16.7. The molecule has 0 aliphatic rings. The van der Waals surface area contributed by atoms with E-state index in [1.54, 1.807) is 18.2 Å². The molecule has 7 heteroatoms. The Hall–Kier alpha value is -2.63. The Bertz CT molecular complexity index is 1060. The van der Waals surface area contributed by atoms with Gasteiger partial charge in [0.15, 0.2) is 5.82 Å². The van der Waals surface area contributed by atoms with Gasteiger partial charge in [-0.05, 0) is 35.6 Å². The van der Waals surface area contributed by atoms with Gasteiger partial charge >= 0.3 is 0 Å². The fraction of sp³-hybridized carbons (Fsp3) is 0.227. The van der Waals surface area contributed by atoms with Crippen molar-refractivity contribution in [3.8, 4) is 5.82 Å². The first-order valence-electron chi connectivity index (χ1n) is 9.11. The van der Waals surface area contributed by atoms with Gasteiger partial charge in [-0.1, -0.05) is 68.2 Å². The zero-order valence-corrected chi connectivity index (χ0v) is 18.2. The molecule has 0 spiro atoms. The van der Waals surface area contributed by atoms with E-state index in [1.165, 1.54) is 22.5 Å². The quantitative estimate of drug-likeness (QED) is 0.531. The van der Waals surface area contributed by atoms with Gasteiger partial charge in [-0.2, -0.15) is 9.78 Å². The van der Waals surface area contributed by atoms with E-state index in [2.05, 4.69) is 48.3 Å². The summed E-state index contributed by atoms with van der Waals surface area (Å²) in [6, 6.07) is 11.5. The van der Waals surface area contributed by atoms with Crippen LogP contribution in [0.5, 0.6) is 0 Å². The van der Waals surface area contributed by atoms with Crippen LogP contribution in [0.3, 0.4) is 0 Å². The fourth-order valence-corrected chi connectivity index (χ4v) is 3.21. The number of anilines is 1. The summed E-state index contributed by atoms with van der Waals surface area (Å²) < 4.78 is 1.48. The molecule has 0 atom stereocenters. The normalized spacial score (nSPS) is 11.8. The van der Waals surface area contributed by atoms with E-state index in [9.17, 15) is 4.79 Å². The molecule has 150 valence electrons. The van der Waals surface area contributed by atoms with Crippen molar-refractivity contribution in [3.05, 3.63) is 75.5 Å². The highest BCUT2D eigenvalue weighted by molar-refractivity contribution is 6.35. The van der Waals surface area contributed by atoms with Crippen LogP contribution in [0.4, 0.5) is 5.82 Å². The molecule has 0 saturated heterocycles. The van der Waals surface area contributed by atoms with Crippen molar-refractivity contribution in [3.63, 3.8) is 0 Å². The summed E-state index contributed by atoms with van der Waals surface area (Å²) in [6.07, 6.45) is 4.73. The monoisotopic (exact) mass is 428 g/mol. The van der Waals surface area contributed by atoms with E-state index >= 15 is 0 Å². The van der Waals surface area contributed by atoms with Gasteiger partial charge in [0, 0.05) is 18.3 Å². The molecule has 0 radical (unpaired) electrons. The van der Waals surface area contributed by atoms with Crippen molar-refractivity contribution < 1.29 is 4.79 Å². The second-order valence-corrected chi connectivity index (χ2v) is 8.58. The zero-order chi connectivity index (χ0) is 21.2. The van der Waals surface area contributed by atoms with Crippen LogP contribution in [0.1, 0.15) is 37.6 Å². The third kappa shape index (κ3) is 5.25. The number of benzene rings is 1. The molecule has 0 fully saturated rings. The second kappa shape index (κ2) is 8.39. The summed E-state index contributed by atoms with van der Waals surface area (Å²) in [5.41, 5.74) is 2.99. The molecule has 29 heavy (non-hydrogen) atoms. The number of amides is 1. The predicted octanol–water partition coefficient (Wildman–Crippen LogP) is 5.83. The molecular weight excluding hydrogens is 407 g/mol. The second-order valence-electron chi connectivity index (χ2n) is 7.74. The maximum atomic E-state index is 12.4. The third-order valence-electron chi connectivity index (χ3n) is 4.28. The summed E-state index contributed by atoms with van der Waals surface area (Å²) in [4.78, 5) is 16.6. The van der Waals surface area contributed by atoms with E-state index in [0.29, 0.717) is 21.7 Å². The number of hydrogen-bond donors (Lipinski definition) is 1. The molecular formula is C22H22Cl2N4O. The van der Waals surface area contributed by atoms with Crippen LogP contribution in [0.15, 0.2) is 48.7 Å². The number of nitrogens with one attached hydrogen (secondary N) is 1. The number of aromatic nitrogens is 3. The molecule has 1 amide bonds. The van der Waals surface area contributed by atoms with E-state index < -0.39 is 0 Å². The van der Waals surface area contributed by atoms with Gasteiger partial charge in [0.2, 0.25) is 5.91 Å². The molecule has 0 unspecified atom stereocenters. The lowest BCUT2D eigenvalue weighted by Crippen LogP contribution is -2.13. The van der Waals surface area contributed by atoms with E-state index in [-0.39, 0.29) is 11.3 Å². The van der Waals surface area contributed by atoms with Crippen LogP contribution in [0.25, 0.3) is 11.9 Å². The minimum atomic E-state index is -0.281. The highest BCUT2D eigenvalue weighted by Gasteiger charge is 2.14. The number of carbonyl (C=O) groups excluding carboxylic acids is 1. The Kier molecular flexibility index (Phi) is 6.10. The number of nitrogens with zero attached hydrogens (tertiary/aromatic N) is 3. The Labute approximate surface area is 180 Å². The van der Waals surface area contributed by atoms with Crippen molar-refractivity contribution in [1.29, 1.82) is 0 Å². The van der Waals surface area contributed by atoms with Crippen LogP contribution in [0, 0.1) is 6.92 Å². The van der Waals surface area contributed by atoms with Crippen LogP contribution in [0.2, 0.25) is 10.0 Å². The first-order chi connectivity index (χ1) is 13.6. The standard InChI is InChI=1S/C22H22Cl2N4O/c1-14-11-19(28(27-14)21-18(24)12-17(23)13-25-21)26-20(29)10-7-15-5-8-16(9-6-15)22(2,3)4/h5-13H,1-4H3,(H,26,29)/b10-7+. The Morgan fingerprint density at radius 3 is 2.45 bits per heavy atom. The van der Waals surface area contributed by atoms with Crippen LogP contribution in [-0.4, -0.2) is 20.7 Å². The van der Waals surface area contributed by atoms with Crippen LogP contribution < -0.4 is 5.32 Å². The van der Waals surface area contributed by atoms with Gasteiger partial charge in [-0.15, -0.1) is 0 Å². The summed E-state index contributed by atoms with van der Waals surface area (Å²) in [6.45, 7) is 8.32. The van der Waals surface area contributed by atoms with E-state index in [0.717, 1.165) is 11.3 Å². The minimum Gasteiger partial charge on any atom is -0.307 e. The smallest absolute Gasteiger partial charge is 0.249 e. The van der Waals surface area contributed by atoms with E-state index in [1.807, 2.05) is 19.1 Å². The van der Waals surface area contributed by atoms with Gasteiger partial charge in [0.05, 0.1) is 15.7 Å². The predicted molar refractivity (Wildman–Crippen MR) is 119 cm³/mol. The summed E-state index contributed by atoms with van der Waals surface area (Å²) in [7, 11) is 0. The molecule has 2 aromatic heterocycles. The Morgan fingerprint density at radius 2 is 1.83 bits per heavy atom. The molecule has 0 saturated carbocycles. The molecule has 3 rings (SSSR count). The lowest BCUT2D eigenvalue weighted by atomic mass is 9.87. The SMILES string of the molecule is Cc1cc(NC(=O)/C=C/c2ccc(C(C)(C)C)cc2)n(-c2ncc(Cl)cc2Cl)n1. The first kappa shape index (κ1) is 21.1. The highest BCUT2D eigenvalue weighted by Crippen LogP contribution is 2.25. The van der Waals surface area contributed by atoms with Crippen molar-refractivity contribution in [1.82, 2.24) is 14.8 Å². The number of rotatable bonds is 4. The Morgan fingerprint density at radius 1 is 1.14 bits per heavy atom. The number of hydrogen-bond acceptors (Lipinski definition) is 3. The maximum Gasteiger partial charge on any atom is 0.249 e. The van der Waals surface area contributed by atoms with Crippen molar-refractivity contribution in [2.24, 2.45) is 0 Å². The molecule has 1 aromatic carbocycles. The van der Waals surface area contributed by atoms with Gasteiger partial charge in [0.25, 0.3) is 0 Å². The summed E-state index contributed by atoms with van der Waals surface area (Å²) in [5.74, 6) is 0.578. The van der Waals surface area contributed by atoms with Crippen LogP contribution in [-0.2, 0) is 10.2 Å². The molecule has 2 heterocycles. The number of carbonyl (C=O) groups is 1. The summed E-state index contributed by atoms with van der Waals surface area (Å²) >= 11 is 12.1. The van der Waals surface area contributed by atoms with Crippen LogP contribution >= 0.6 is 23.2 Å². The molecule has 0 aliphatic carbocycles. The first-order valence-corrected chi connectivity index (χ1v) is 9.87. The van der Waals surface area contributed by atoms with Crippen molar-refractivity contribution >= 4 is 41.0 Å².